The molecule has 10 heteroatoms. The van der Waals surface area contributed by atoms with E-state index in [1.54, 1.807) is 12.1 Å². The van der Waals surface area contributed by atoms with Gasteiger partial charge in [-0.25, -0.2) is 8.42 Å². The number of amides is 1. The molecule has 1 aliphatic heterocycles. The molecule has 2 heterocycles. The summed E-state index contributed by atoms with van der Waals surface area (Å²) in [5, 5.41) is 11.9. The summed E-state index contributed by atoms with van der Waals surface area (Å²) in [6.45, 7) is 2.37. The second-order valence-electron chi connectivity index (χ2n) is 6.81. The molecule has 0 bridgehead atoms. The van der Waals surface area contributed by atoms with Crippen molar-refractivity contribution in [1.82, 2.24) is 10.2 Å². The normalized spacial score (nSPS) is 13.3. The Kier molecular flexibility index (Phi) is 5.77. The molecule has 1 aliphatic rings. The molecule has 156 valence electrons. The zero-order valence-corrected chi connectivity index (χ0v) is 18.5. The van der Waals surface area contributed by atoms with Crippen LogP contribution in [0.2, 0.25) is 5.02 Å². The predicted molar refractivity (Wildman–Crippen MR) is 118 cm³/mol. The van der Waals surface area contributed by atoms with Crippen LogP contribution in [0, 0.1) is 0 Å². The Morgan fingerprint density at radius 1 is 1.23 bits per heavy atom. The van der Waals surface area contributed by atoms with Crippen LogP contribution in [0.15, 0.2) is 47.4 Å². The summed E-state index contributed by atoms with van der Waals surface area (Å²) in [5.41, 5.74) is 1.78. The number of rotatable bonds is 6. The van der Waals surface area contributed by atoms with Gasteiger partial charge in [0.2, 0.25) is 5.13 Å². The summed E-state index contributed by atoms with van der Waals surface area (Å²) in [4.78, 5) is 12.6. The van der Waals surface area contributed by atoms with Gasteiger partial charge in [-0.1, -0.05) is 48.1 Å². The van der Waals surface area contributed by atoms with Crippen molar-refractivity contribution < 1.29 is 13.2 Å². The molecule has 0 saturated carbocycles. The molecule has 1 aromatic heterocycles. The number of aryl methyl sites for hydroxylation is 1. The number of anilines is 2. The Labute approximate surface area is 183 Å². The number of carbonyl (C=O) groups excluding carboxylic acids is 1. The molecule has 0 fully saturated rings. The Balaban J connectivity index is 1.62. The van der Waals surface area contributed by atoms with Gasteiger partial charge >= 0.3 is 0 Å². The molecule has 0 unspecified atom stereocenters. The van der Waals surface area contributed by atoms with E-state index in [2.05, 4.69) is 15.5 Å². The molecular formula is C20H19ClN4O3S2. The molecule has 0 atom stereocenters. The van der Waals surface area contributed by atoms with E-state index in [9.17, 15) is 13.2 Å². The van der Waals surface area contributed by atoms with Crippen molar-refractivity contribution in [1.29, 1.82) is 0 Å². The van der Waals surface area contributed by atoms with Gasteiger partial charge in [-0.05, 0) is 42.7 Å². The SMILES string of the molecule is CCCc1nnc(NC(=O)c2ccc(Cl)c(S(=O)(=O)N3CCc4ccccc43)c2)s1. The number of sulfonamides is 1. The second kappa shape index (κ2) is 8.33. The standard InChI is InChI=1S/C20H19ClN4O3S2/c1-2-5-18-23-24-20(29-18)22-19(26)14-8-9-15(21)17(12-14)30(27,28)25-11-10-13-6-3-4-7-16(13)25/h3-4,6-9,12H,2,5,10-11H2,1H3,(H,22,24,26). The fraction of sp³-hybridized carbons (Fsp3) is 0.250. The maximum Gasteiger partial charge on any atom is 0.265 e. The quantitative estimate of drug-likeness (QED) is 0.594. The average Bonchev–Trinajstić information content (AvgIpc) is 3.35. The Morgan fingerprint density at radius 2 is 2.03 bits per heavy atom. The number of nitrogens with zero attached hydrogens (tertiary/aromatic N) is 3. The largest absolute Gasteiger partial charge is 0.296 e. The Hall–Kier alpha value is -2.49. The number of halogens is 1. The van der Waals surface area contributed by atoms with Crippen molar-refractivity contribution in [3.63, 3.8) is 0 Å². The van der Waals surface area contributed by atoms with Gasteiger partial charge < -0.3 is 0 Å². The maximum atomic E-state index is 13.3. The van der Waals surface area contributed by atoms with E-state index < -0.39 is 15.9 Å². The van der Waals surface area contributed by atoms with Crippen molar-refractivity contribution in [2.45, 2.75) is 31.1 Å². The number of para-hydroxylation sites is 1. The van der Waals surface area contributed by atoms with Crippen LogP contribution in [0.4, 0.5) is 10.8 Å². The summed E-state index contributed by atoms with van der Waals surface area (Å²) < 4.78 is 28.0. The molecule has 0 spiro atoms. The molecule has 7 nitrogen and oxygen atoms in total. The average molecular weight is 463 g/mol. The van der Waals surface area contributed by atoms with E-state index >= 15 is 0 Å². The minimum Gasteiger partial charge on any atom is -0.296 e. The number of hydrogen-bond donors (Lipinski definition) is 1. The number of carbonyl (C=O) groups is 1. The fourth-order valence-corrected chi connectivity index (χ4v) is 6.15. The van der Waals surface area contributed by atoms with Gasteiger partial charge in [0.15, 0.2) is 0 Å². The van der Waals surface area contributed by atoms with E-state index in [0.717, 1.165) is 23.4 Å². The molecule has 3 aromatic rings. The lowest BCUT2D eigenvalue weighted by Crippen LogP contribution is -2.29. The van der Waals surface area contributed by atoms with Gasteiger partial charge in [0.1, 0.15) is 9.90 Å². The monoisotopic (exact) mass is 462 g/mol. The molecule has 30 heavy (non-hydrogen) atoms. The predicted octanol–water partition coefficient (Wildman–Crippen LogP) is 4.15. The van der Waals surface area contributed by atoms with E-state index in [1.807, 2.05) is 19.1 Å². The highest BCUT2D eigenvalue weighted by Crippen LogP contribution is 2.35. The molecule has 0 radical (unpaired) electrons. The summed E-state index contributed by atoms with van der Waals surface area (Å²) in [6.07, 6.45) is 2.35. The van der Waals surface area contributed by atoms with Crippen LogP contribution >= 0.6 is 22.9 Å². The Morgan fingerprint density at radius 3 is 2.83 bits per heavy atom. The van der Waals surface area contributed by atoms with Crippen LogP contribution in [0.5, 0.6) is 0 Å². The Bertz CT molecular complexity index is 1210. The van der Waals surface area contributed by atoms with Crippen molar-refractivity contribution in [3.05, 3.63) is 63.6 Å². The van der Waals surface area contributed by atoms with Crippen molar-refractivity contribution in [3.8, 4) is 0 Å². The van der Waals surface area contributed by atoms with E-state index in [1.165, 1.54) is 33.8 Å². The summed E-state index contributed by atoms with van der Waals surface area (Å²) in [6, 6.07) is 11.6. The maximum absolute atomic E-state index is 13.3. The van der Waals surface area contributed by atoms with Gasteiger partial charge in [-0.15, -0.1) is 10.2 Å². The van der Waals surface area contributed by atoms with Crippen molar-refractivity contribution >= 4 is 49.7 Å². The van der Waals surface area contributed by atoms with E-state index in [4.69, 9.17) is 11.6 Å². The van der Waals surface area contributed by atoms with Crippen LogP contribution < -0.4 is 9.62 Å². The van der Waals surface area contributed by atoms with Crippen LogP contribution in [0.3, 0.4) is 0 Å². The van der Waals surface area contributed by atoms with E-state index in [0.29, 0.717) is 23.8 Å². The first-order chi connectivity index (χ1) is 14.4. The van der Waals surface area contributed by atoms with Crippen LogP contribution in [-0.2, 0) is 22.9 Å². The first-order valence-electron chi connectivity index (χ1n) is 9.44. The number of nitrogens with one attached hydrogen (secondary N) is 1. The van der Waals surface area contributed by atoms with Crippen LogP contribution in [-0.4, -0.2) is 31.1 Å². The third kappa shape index (κ3) is 3.92. The van der Waals surface area contributed by atoms with Crippen molar-refractivity contribution in [2.75, 3.05) is 16.2 Å². The zero-order chi connectivity index (χ0) is 21.3. The van der Waals surface area contributed by atoms with Crippen molar-refractivity contribution in [2.24, 2.45) is 0 Å². The topological polar surface area (TPSA) is 92.3 Å². The second-order valence-corrected chi connectivity index (χ2v) is 10.1. The lowest BCUT2D eigenvalue weighted by molar-refractivity contribution is 0.102. The summed E-state index contributed by atoms with van der Waals surface area (Å²) in [7, 11) is -3.92. The highest BCUT2D eigenvalue weighted by molar-refractivity contribution is 7.93. The lowest BCUT2D eigenvalue weighted by Gasteiger charge is -2.20. The molecule has 1 N–H and O–H groups in total. The molecule has 4 rings (SSSR count). The molecule has 0 saturated heterocycles. The molecular weight excluding hydrogens is 444 g/mol. The minimum atomic E-state index is -3.92. The number of benzene rings is 2. The molecule has 1 amide bonds. The minimum absolute atomic E-state index is 0.0667. The first kappa shape index (κ1) is 20.8. The molecule has 2 aromatic carbocycles. The first-order valence-corrected chi connectivity index (χ1v) is 12.1. The zero-order valence-electron chi connectivity index (χ0n) is 16.1. The summed E-state index contributed by atoms with van der Waals surface area (Å²) >= 11 is 7.53. The van der Waals surface area contributed by atoms with Gasteiger partial charge in [0.05, 0.1) is 10.7 Å². The fourth-order valence-electron chi connectivity index (χ4n) is 3.31. The number of hydrogen-bond acceptors (Lipinski definition) is 6. The third-order valence-corrected chi connectivity index (χ3v) is 7.95. The van der Waals surface area contributed by atoms with Gasteiger partial charge in [0.25, 0.3) is 15.9 Å². The lowest BCUT2D eigenvalue weighted by atomic mass is 10.2. The molecule has 0 aliphatic carbocycles. The van der Waals surface area contributed by atoms with Gasteiger partial charge in [-0.2, -0.15) is 0 Å². The highest BCUT2D eigenvalue weighted by atomic mass is 35.5. The number of aromatic nitrogens is 2. The van der Waals surface area contributed by atoms with Crippen LogP contribution in [0.25, 0.3) is 0 Å². The summed E-state index contributed by atoms with van der Waals surface area (Å²) in [5.74, 6) is -0.468. The highest BCUT2D eigenvalue weighted by Gasteiger charge is 2.32. The van der Waals surface area contributed by atoms with Gasteiger partial charge in [0, 0.05) is 18.5 Å². The number of fused-ring (bicyclic) bond motifs is 1. The van der Waals surface area contributed by atoms with Crippen LogP contribution in [0.1, 0.15) is 34.3 Å². The smallest absolute Gasteiger partial charge is 0.265 e. The van der Waals surface area contributed by atoms with Gasteiger partial charge in [-0.3, -0.25) is 14.4 Å². The third-order valence-electron chi connectivity index (χ3n) is 4.76. The van der Waals surface area contributed by atoms with E-state index in [-0.39, 0.29) is 15.5 Å².